The van der Waals surface area contributed by atoms with Crippen LogP contribution in [0.15, 0.2) is 48.5 Å². The minimum absolute atomic E-state index is 0.0334. The van der Waals surface area contributed by atoms with Gasteiger partial charge in [-0.25, -0.2) is 0 Å². The molecule has 0 radical (unpaired) electrons. The maximum atomic E-state index is 12.2. The van der Waals surface area contributed by atoms with Crippen LogP contribution >= 0.6 is 11.6 Å². The molecule has 0 spiro atoms. The SMILES string of the molecule is C#Cc1ccc(OCC(=O)NC2CCC(NC(O)COc3ccc(Cl)cc3)CC2)cc1. The fraction of sp³-hybridized carbons (Fsp3) is 0.375. The summed E-state index contributed by atoms with van der Waals surface area (Å²) in [5.41, 5.74) is 0.767. The Balaban J connectivity index is 1.31. The number of amides is 1. The summed E-state index contributed by atoms with van der Waals surface area (Å²) in [5, 5.41) is 17.0. The van der Waals surface area contributed by atoms with Crippen LogP contribution in [-0.2, 0) is 4.79 Å². The van der Waals surface area contributed by atoms with Crippen LogP contribution < -0.4 is 20.1 Å². The van der Waals surface area contributed by atoms with Crippen molar-refractivity contribution in [2.75, 3.05) is 13.2 Å². The predicted octanol–water partition coefficient (Wildman–Crippen LogP) is 3.11. The summed E-state index contributed by atoms with van der Waals surface area (Å²) in [6.45, 7) is 0.117. The van der Waals surface area contributed by atoms with Crippen molar-refractivity contribution in [2.24, 2.45) is 0 Å². The molecule has 2 aromatic rings. The van der Waals surface area contributed by atoms with Crippen LogP contribution in [0.1, 0.15) is 31.2 Å². The molecule has 1 amide bonds. The van der Waals surface area contributed by atoms with Crippen molar-refractivity contribution in [1.29, 1.82) is 0 Å². The normalized spacial score (nSPS) is 19.1. The number of ether oxygens (including phenoxy) is 2. The molecule has 0 aromatic heterocycles. The Kier molecular flexibility index (Phi) is 8.60. The van der Waals surface area contributed by atoms with Gasteiger partial charge in [0.2, 0.25) is 0 Å². The van der Waals surface area contributed by atoms with Crippen LogP contribution in [0.3, 0.4) is 0 Å². The molecule has 1 unspecified atom stereocenters. The molecule has 0 aliphatic heterocycles. The lowest BCUT2D eigenvalue weighted by atomic mass is 9.91. The Bertz CT molecular complexity index is 872. The lowest BCUT2D eigenvalue weighted by Crippen LogP contribution is -2.47. The third-order valence-electron chi connectivity index (χ3n) is 5.13. The molecule has 1 aliphatic carbocycles. The molecule has 1 aliphatic rings. The highest BCUT2D eigenvalue weighted by Gasteiger charge is 2.24. The molecule has 164 valence electrons. The van der Waals surface area contributed by atoms with Gasteiger partial charge in [-0.3, -0.25) is 10.1 Å². The molecule has 3 rings (SSSR count). The van der Waals surface area contributed by atoms with Crippen molar-refractivity contribution >= 4 is 17.5 Å². The molecular formula is C24H27ClN2O4. The van der Waals surface area contributed by atoms with E-state index in [1.165, 1.54) is 0 Å². The van der Waals surface area contributed by atoms with Crippen LogP contribution in [0.25, 0.3) is 0 Å². The van der Waals surface area contributed by atoms with E-state index in [4.69, 9.17) is 27.5 Å². The van der Waals surface area contributed by atoms with Gasteiger partial charge in [0.05, 0.1) is 0 Å². The number of hydrogen-bond donors (Lipinski definition) is 3. The van der Waals surface area contributed by atoms with E-state index in [2.05, 4.69) is 16.6 Å². The van der Waals surface area contributed by atoms with E-state index in [1.807, 2.05) is 0 Å². The number of hydrogen-bond acceptors (Lipinski definition) is 5. The largest absolute Gasteiger partial charge is 0.489 e. The van der Waals surface area contributed by atoms with Gasteiger partial charge >= 0.3 is 0 Å². The highest BCUT2D eigenvalue weighted by molar-refractivity contribution is 6.30. The van der Waals surface area contributed by atoms with Gasteiger partial charge in [0.1, 0.15) is 24.3 Å². The van der Waals surface area contributed by atoms with Crippen LogP contribution in [-0.4, -0.2) is 42.5 Å². The molecule has 0 bridgehead atoms. The fourth-order valence-corrected chi connectivity index (χ4v) is 3.62. The molecule has 2 aromatic carbocycles. The molecule has 3 N–H and O–H groups in total. The summed E-state index contributed by atoms with van der Waals surface area (Å²) in [4.78, 5) is 12.2. The van der Waals surface area contributed by atoms with Crippen molar-refractivity contribution in [3.8, 4) is 23.8 Å². The second-order valence-corrected chi connectivity index (χ2v) is 7.96. The van der Waals surface area contributed by atoms with Gasteiger partial charge in [-0.15, -0.1) is 6.42 Å². The molecule has 1 saturated carbocycles. The summed E-state index contributed by atoms with van der Waals surface area (Å²) >= 11 is 5.85. The molecule has 0 saturated heterocycles. The number of halogens is 1. The molecule has 0 heterocycles. The first kappa shape index (κ1) is 23.0. The Morgan fingerprint density at radius 2 is 1.61 bits per heavy atom. The third kappa shape index (κ3) is 7.80. The first-order valence-electron chi connectivity index (χ1n) is 10.3. The van der Waals surface area contributed by atoms with Crippen LogP contribution in [0.4, 0.5) is 0 Å². The minimum Gasteiger partial charge on any atom is -0.489 e. The van der Waals surface area contributed by atoms with E-state index >= 15 is 0 Å². The average molecular weight is 443 g/mol. The summed E-state index contributed by atoms with van der Waals surface area (Å²) in [6, 6.07) is 14.4. The van der Waals surface area contributed by atoms with Gasteiger partial charge in [-0.1, -0.05) is 17.5 Å². The number of carbonyl (C=O) groups is 1. The lowest BCUT2D eigenvalue weighted by molar-refractivity contribution is -0.124. The van der Waals surface area contributed by atoms with E-state index in [0.717, 1.165) is 31.2 Å². The van der Waals surface area contributed by atoms with Gasteiger partial charge < -0.3 is 19.9 Å². The molecule has 6 nitrogen and oxygen atoms in total. The zero-order chi connectivity index (χ0) is 22.1. The summed E-state index contributed by atoms with van der Waals surface area (Å²) in [5.74, 6) is 3.66. The molecule has 31 heavy (non-hydrogen) atoms. The number of nitrogens with one attached hydrogen (secondary N) is 2. The van der Waals surface area contributed by atoms with Gasteiger partial charge in [-0.05, 0) is 74.2 Å². The van der Waals surface area contributed by atoms with Crippen LogP contribution in [0.5, 0.6) is 11.5 Å². The summed E-state index contributed by atoms with van der Waals surface area (Å²) < 4.78 is 11.1. The van der Waals surface area contributed by atoms with Crippen molar-refractivity contribution in [2.45, 2.75) is 44.0 Å². The highest BCUT2D eigenvalue weighted by Crippen LogP contribution is 2.20. The molecule has 7 heteroatoms. The Morgan fingerprint density at radius 3 is 2.26 bits per heavy atom. The van der Waals surface area contributed by atoms with E-state index in [9.17, 15) is 9.90 Å². The third-order valence-corrected chi connectivity index (χ3v) is 5.38. The number of aliphatic hydroxyl groups is 1. The predicted molar refractivity (Wildman–Crippen MR) is 120 cm³/mol. The second-order valence-electron chi connectivity index (χ2n) is 7.52. The van der Waals surface area contributed by atoms with Crippen LogP contribution in [0, 0.1) is 12.3 Å². The first-order valence-corrected chi connectivity index (χ1v) is 10.7. The average Bonchev–Trinajstić information content (AvgIpc) is 2.79. The Labute approximate surface area is 187 Å². The quantitative estimate of drug-likeness (QED) is 0.411. The minimum atomic E-state index is -0.763. The fourth-order valence-electron chi connectivity index (χ4n) is 3.50. The summed E-state index contributed by atoms with van der Waals surface area (Å²) in [6.07, 6.45) is 7.95. The number of aliphatic hydroxyl groups excluding tert-OH is 1. The van der Waals surface area contributed by atoms with E-state index < -0.39 is 6.23 Å². The van der Waals surface area contributed by atoms with Crippen molar-refractivity contribution in [1.82, 2.24) is 10.6 Å². The van der Waals surface area contributed by atoms with E-state index in [0.29, 0.717) is 16.5 Å². The van der Waals surface area contributed by atoms with Crippen molar-refractivity contribution in [3.05, 3.63) is 59.1 Å². The number of terminal acetylenes is 1. The smallest absolute Gasteiger partial charge is 0.258 e. The monoisotopic (exact) mass is 442 g/mol. The highest BCUT2D eigenvalue weighted by atomic mass is 35.5. The van der Waals surface area contributed by atoms with Gasteiger partial charge in [0, 0.05) is 22.7 Å². The molecule has 1 fully saturated rings. The van der Waals surface area contributed by atoms with Gasteiger partial charge in [0.15, 0.2) is 6.61 Å². The molecular weight excluding hydrogens is 416 g/mol. The van der Waals surface area contributed by atoms with E-state index in [-0.39, 0.29) is 31.2 Å². The van der Waals surface area contributed by atoms with Crippen LogP contribution in [0.2, 0.25) is 5.02 Å². The number of benzene rings is 2. The van der Waals surface area contributed by atoms with E-state index in [1.54, 1.807) is 48.5 Å². The maximum Gasteiger partial charge on any atom is 0.258 e. The lowest BCUT2D eigenvalue weighted by Gasteiger charge is -2.31. The van der Waals surface area contributed by atoms with Gasteiger partial charge in [-0.2, -0.15) is 0 Å². The van der Waals surface area contributed by atoms with Crippen molar-refractivity contribution in [3.63, 3.8) is 0 Å². The van der Waals surface area contributed by atoms with Crippen molar-refractivity contribution < 1.29 is 19.4 Å². The Morgan fingerprint density at radius 1 is 1.03 bits per heavy atom. The first-order chi connectivity index (χ1) is 15.0. The molecule has 1 atom stereocenters. The van der Waals surface area contributed by atoms with Gasteiger partial charge in [0.25, 0.3) is 5.91 Å². The number of carbonyl (C=O) groups excluding carboxylic acids is 1. The zero-order valence-electron chi connectivity index (χ0n) is 17.2. The zero-order valence-corrected chi connectivity index (χ0v) is 18.0. The maximum absolute atomic E-state index is 12.2. The number of rotatable bonds is 9. The topological polar surface area (TPSA) is 79.8 Å². The Hall–Kier alpha value is -2.72. The standard InChI is InChI=1S/C24H27ClN2O4/c1-2-17-3-11-21(12-4-17)30-15-23(28)26-19-7-9-20(10-8-19)27-24(29)16-31-22-13-5-18(25)6-14-22/h1,3-6,11-14,19-20,24,27,29H,7-10,15-16H2,(H,26,28). The second kappa shape index (κ2) is 11.6. The summed E-state index contributed by atoms with van der Waals surface area (Å²) in [7, 11) is 0.